The van der Waals surface area contributed by atoms with Gasteiger partial charge in [0, 0.05) is 10.8 Å². The Morgan fingerprint density at radius 1 is 0.388 bits per heavy atom. The quantitative estimate of drug-likeness (QED) is 0.177. The SMILES string of the molecule is [2H]c1c([2H])c([2H])c2c(-c3ccccc3)c([2H])c(-c3c4ccccc4c(-c4cccc5oc6cc(-c7ccccc7)ccc6c45)c4ccccc34)c([2H])c2c1[2H]. The summed E-state index contributed by atoms with van der Waals surface area (Å²) in [6.07, 6.45) is 0. The van der Waals surface area contributed by atoms with Gasteiger partial charge in [-0.1, -0.05) is 152 Å². The maximum Gasteiger partial charge on any atom is 0.136 e. The summed E-state index contributed by atoms with van der Waals surface area (Å²) < 4.78 is 61.3. The van der Waals surface area contributed by atoms with Crippen LogP contribution in [0.4, 0.5) is 0 Å². The molecule has 10 rings (SSSR count). The molecule has 1 heterocycles. The van der Waals surface area contributed by atoms with Gasteiger partial charge in [0.1, 0.15) is 11.2 Å². The molecule has 0 spiro atoms. The first kappa shape index (κ1) is 22.2. The van der Waals surface area contributed by atoms with Crippen LogP contribution in [0.2, 0.25) is 0 Å². The van der Waals surface area contributed by atoms with Gasteiger partial charge in [0.15, 0.2) is 0 Å². The Morgan fingerprint density at radius 2 is 1.02 bits per heavy atom. The van der Waals surface area contributed by atoms with Crippen LogP contribution in [0.1, 0.15) is 8.22 Å². The van der Waals surface area contributed by atoms with Crippen molar-refractivity contribution < 1.29 is 12.6 Å². The third-order valence-electron chi connectivity index (χ3n) is 9.55. The number of fused-ring (bicyclic) bond motifs is 6. The molecule has 9 aromatic carbocycles. The summed E-state index contributed by atoms with van der Waals surface area (Å²) in [5.41, 5.74) is 7.74. The van der Waals surface area contributed by atoms with Crippen LogP contribution in [0.3, 0.4) is 0 Å². The Kier molecular flexibility index (Phi) is 5.02. The molecule has 228 valence electrons. The Hall–Kier alpha value is -6.44. The first-order chi connectivity index (χ1) is 26.8. The van der Waals surface area contributed by atoms with Gasteiger partial charge >= 0.3 is 0 Å². The zero-order valence-electron chi connectivity index (χ0n) is 32.3. The second kappa shape index (κ2) is 11.1. The third kappa shape index (κ3) is 4.40. The lowest BCUT2D eigenvalue weighted by molar-refractivity contribution is 0.669. The van der Waals surface area contributed by atoms with Crippen LogP contribution in [0.5, 0.6) is 0 Å². The normalized spacial score (nSPS) is 13.4. The lowest BCUT2D eigenvalue weighted by Gasteiger charge is -2.19. The van der Waals surface area contributed by atoms with Crippen LogP contribution in [-0.2, 0) is 0 Å². The van der Waals surface area contributed by atoms with Gasteiger partial charge in [-0.05, 0) is 107 Å². The smallest absolute Gasteiger partial charge is 0.136 e. The standard InChI is InChI=1S/C48H30O/c1-3-14-31(15-4-1)33-26-27-41-45(30-33)49-44-25-13-24-42(48(41)44)47-39-22-11-9-20-37(39)46(38-21-10-12-23-40(38)47)35-28-34-18-7-8-19-36(34)43(29-35)32-16-5-2-6-17-32/h1-30H/i7D,8D,18D,19D,28D,29D. The summed E-state index contributed by atoms with van der Waals surface area (Å²) in [5.74, 6) is 0. The van der Waals surface area contributed by atoms with E-state index in [-0.39, 0.29) is 34.9 Å². The third-order valence-corrected chi connectivity index (χ3v) is 9.55. The largest absolute Gasteiger partial charge is 0.456 e. The molecule has 0 saturated heterocycles. The van der Waals surface area contributed by atoms with Crippen molar-refractivity contribution in [1.29, 1.82) is 0 Å². The fourth-order valence-corrected chi connectivity index (χ4v) is 7.42. The van der Waals surface area contributed by atoms with Gasteiger partial charge in [-0.15, -0.1) is 0 Å². The molecule has 0 bridgehead atoms. The Balaban J connectivity index is 1.33. The van der Waals surface area contributed by atoms with Crippen LogP contribution in [0.25, 0.3) is 98.8 Å². The average molecular weight is 629 g/mol. The molecule has 0 saturated carbocycles. The molecule has 0 unspecified atom stereocenters. The summed E-state index contributed by atoms with van der Waals surface area (Å²) in [7, 11) is 0. The zero-order valence-corrected chi connectivity index (χ0v) is 26.3. The number of rotatable bonds is 4. The molecule has 1 nitrogen and oxygen atoms in total. The molecule has 0 aliphatic heterocycles. The summed E-state index contributed by atoms with van der Waals surface area (Å²) >= 11 is 0. The van der Waals surface area contributed by atoms with E-state index in [9.17, 15) is 2.74 Å². The predicted octanol–water partition coefficient (Wildman–Crippen LogP) is 13.7. The molecule has 0 radical (unpaired) electrons. The topological polar surface area (TPSA) is 13.1 Å². The summed E-state index contributed by atoms with van der Waals surface area (Å²) in [6, 6.07) is 46.7. The minimum atomic E-state index is -0.407. The van der Waals surface area contributed by atoms with Gasteiger partial charge in [-0.3, -0.25) is 0 Å². The minimum Gasteiger partial charge on any atom is -0.456 e. The monoisotopic (exact) mass is 628 g/mol. The van der Waals surface area contributed by atoms with E-state index in [2.05, 4.69) is 48.5 Å². The molecule has 0 atom stereocenters. The molecule has 0 amide bonds. The Morgan fingerprint density at radius 3 is 1.73 bits per heavy atom. The van der Waals surface area contributed by atoms with E-state index in [0.29, 0.717) is 22.3 Å². The molecule has 0 N–H and O–H groups in total. The van der Waals surface area contributed by atoms with E-state index in [1.807, 2.05) is 97.1 Å². The van der Waals surface area contributed by atoms with Crippen LogP contribution in [0, 0.1) is 0 Å². The molecule has 0 aliphatic rings. The van der Waals surface area contributed by atoms with Crippen molar-refractivity contribution in [1.82, 2.24) is 0 Å². The number of hydrogen-bond acceptors (Lipinski definition) is 1. The Bertz CT molecular complexity index is 3150. The Labute approximate surface area is 292 Å². The van der Waals surface area contributed by atoms with Crippen molar-refractivity contribution in [2.24, 2.45) is 0 Å². The van der Waals surface area contributed by atoms with E-state index in [0.717, 1.165) is 65.7 Å². The predicted molar refractivity (Wildman–Crippen MR) is 208 cm³/mol. The van der Waals surface area contributed by atoms with Gasteiger partial charge in [-0.2, -0.15) is 0 Å². The molecular weight excluding hydrogens is 593 g/mol. The highest BCUT2D eigenvalue weighted by Crippen LogP contribution is 2.48. The van der Waals surface area contributed by atoms with Gasteiger partial charge in [-0.25, -0.2) is 0 Å². The van der Waals surface area contributed by atoms with Crippen LogP contribution >= 0.6 is 0 Å². The van der Waals surface area contributed by atoms with Crippen molar-refractivity contribution in [2.75, 3.05) is 0 Å². The number of furan rings is 1. The van der Waals surface area contributed by atoms with Gasteiger partial charge in [0.25, 0.3) is 0 Å². The van der Waals surface area contributed by atoms with Crippen molar-refractivity contribution in [3.05, 3.63) is 182 Å². The lowest BCUT2D eigenvalue weighted by Crippen LogP contribution is -1.92. The number of benzene rings is 9. The molecule has 1 heteroatoms. The molecule has 10 aromatic rings. The van der Waals surface area contributed by atoms with E-state index in [1.165, 1.54) is 0 Å². The van der Waals surface area contributed by atoms with E-state index < -0.39 is 12.1 Å². The van der Waals surface area contributed by atoms with Crippen molar-refractivity contribution in [2.45, 2.75) is 0 Å². The van der Waals surface area contributed by atoms with Crippen LogP contribution < -0.4 is 0 Å². The van der Waals surface area contributed by atoms with Gasteiger partial charge in [0.05, 0.1) is 8.22 Å². The molecule has 0 fully saturated rings. The second-order valence-electron chi connectivity index (χ2n) is 12.3. The zero-order chi connectivity index (χ0) is 37.5. The van der Waals surface area contributed by atoms with Gasteiger partial charge < -0.3 is 4.42 Å². The van der Waals surface area contributed by atoms with Crippen LogP contribution in [0.15, 0.2) is 186 Å². The van der Waals surface area contributed by atoms with E-state index in [4.69, 9.17) is 9.90 Å². The summed E-state index contributed by atoms with van der Waals surface area (Å²) in [4.78, 5) is 0. The molecular formula is C48H30O. The van der Waals surface area contributed by atoms with Crippen molar-refractivity contribution in [3.8, 4) is 44.5 Å². The van der Waals surface area contributed by atoms with E-state index in [1.54, 1.807) is 0 Å². The van der Waals surface area contributed by atoms with Crippen molar-refractivity contribution in [3.63, 3.8) is 0 Å². The summed E-state index contributed by atoms with van der Waals surface area (Å²) in [6.45, 7) is 0. The average Bonchev–Trinajstić information content (AvgIpc) is 3.61. The first-order valence-electron chi connectivity index (χ1n) is 19.4. The minimum absolute atomic E-state index is 0.0361. The highest BCUT2D eigenvalue weighted by molar-refractivity contribution is 6.26. The molecule has 0 aliphatic carbocycles. The number of hydrogen-bond donors (Lipinski definition) is 0. The van der Waals surface area contributed by atoms with Crippen molar-refractivity contribution >= 4 is 54.3 Å². The maximum absolute atomic E-state index is 9.88. The van der Waals surface area contributed by atoms with E-state index >= 15 is 0 Å². The lowest BCUT2D eigenvalue weighted by atomic mass is 9.83. The fourth-order valence-electron chi connectivity index (χ4n) is 7.42. The second-order valence-corrected chi connectivity index (χ2v) is 12.3. The summed E-state index contributed by atoms with van der Waals surface area (Å²) in [5, 5.41) is 5.77. The van der Waals surface area contributed by atoms with Crippen LogP contribution in [-0.4, -0.2) is 0 Å². The molecule has 1 aromatic heterocycles. The molecule has 49 heavy (non-hydrogen) atoms. The highest BCUT2D eigenvalue weighted by Gasteiger charge is 2.21. The first-order valence-corrected chi connectivity index (χ1v) is 16.4. The fraction of sp³-hybridized carbons (Fsp3) is 0. The maximum atomic E-state index is 9.88. The highest BCUT2D eigenvalue weighted by atomic mass is 16.3. The van der Waals surface area contributed by atoms with Gasteiger partial charge in [0.2, 0.25) is 0 Å².